The quantitative estimate of drug-likeness (QED) is 0.458. The first-order chi connectivity index (χ1) is 13.5. The van der Waals surface area contributed by atoms with Gasteiger partial charge in [0, 0.05) is 16.1 Å². The number of anilines is 1. The van der Waals surface area contributed by atoms with Crippen molar-refractivity contribution in [2.75, 3.05) is 18.2 Å². The Labute approximate surface area is 171 Å². The predicted molar refractivity (Wildman–Crippen MR) is 109 cm³/mol. The minimum absolute atomic E-state index is 0.144. The lowest BCUT2D eigenvalue weighted by Gasteiger charge is -2.08. The van der Waals surface area contributed by atoms with Crippen molar-refractivity contribution >= 4 is 40.9 Å². The molecule has 0 bridgehead atoms. The van der Waals surface area contributed by atoms with E-state index in [4.69, 9.17) is 20.9 Å². The Kier molecular flexibility index (Phi) is 6.38. The number of carbonyl (C=O) groups is 2. The molecule has 0 aliphatic carbocycles. The average molecular weight is 417 g/mol. The molecule has 6 nitrogen and oxygen atoms in total. The molecule has 0 spiro atoms. The lowest BCUT2D eigenvalue weighted by atomic mass is 10.1. The number of nitrogens with one attached hydrogen (secondary N) is 1. The molecule has 8 heteroatoms. The van der Waals surface area contributed by atoms with Gasteiger partial charge in [-0.05, 0) is 37.4 Å². The summed E-state index contributed by atoms with van der Waals surface area (Å²) in [5.74, 6) is -0.866. The Morgan fingerprint density at radius 1 is 1.21 bits per heavy atom. The van der Waals surface area contributed by atoms with Gasteiger partial charge in [0.2, 0.25) is 0 Å². The van der Waals surface area contributed by atoms with Gasteiger partial charge in [0.05, 0.1) is 5.02 Å². The van der Waals surface area contributed by atoms with Crippen molar-refractivity contribution in [3.63, 3.8) is 0 Å². The molecule has 0 saturated carbocycles. The van der Waals surface area contributed by atoms with E-state index in [0.717, 1.165) is 4.90 Å². The Morgan fingerprint density at radius 2 is 2.00 bits per heavy atom. The zero-order valence-electron chi connectivity index (χ0n) is 15.2. The van der Waals surface area contributed by atoms with Crippen LogP contribution in [0.4, 0.5) is 5.69 Å². The molecule has 0 radical (unpaired) electrons. The largest absolute Gasteiger partial charge is 0.452 e. The maximum absolute atomic E-state index is 12.5. The second kappa shape index (κ2) is 8.95. The first-order valence-corrected chi connectivity index (χ1v) is 9.92. The second-order valence-corrected chi connectivity index (χ2v) is 7.09. The van der Waals surface area contributed by atoms with Crippen LogP contribution in [0.15, 0.2) is 57.9 Å². The van der Waals surface area contributed by atoms with Crippen LogP contribution in [0.5, 0.6) is 0 Å². The van der Waals surface area contributed by atoms with Crippen LogP contribution in [0.2, 0.25) is 5.02 Å². The summed E-state index contributed by atoms with van der Waals surface area (Å²) in [7, 11) is 0. The molecule has 28 heavy (non-hydrogen) atoms. The molecule has 0 fully saturated rings. The van der Waals surface area contributed by atoms with Gasteiger partial charge in [-0.1, -0.05) is 41.0 Å². The molecule has 1 heterocycles. The summed E-state index contributed by atoms with van der Waals surface area (Å²) < 4.78 is 10.3. The number of hydrogen-bond donors (Lipinski definition) is 1. The number of hydrogen-bond acceptors (Lipinski definition) is 6. The fourth-order valence-corrected chi connectivity index (χ4v) is 3.24. The van der Waals surface area contributed by atoms with E-state index < -0.39 is 18.5 Å². The third kappa shape index (κ3) is 4.55. The molecule has 0 unspecified atom stereocenters. The van der Waals surface area contributed by atoms with Crippen LogP contribution in [0.1, 0.15) is 16.1 Å². The van der Waals surface area contributed by atoms with Gasteiger partial charge >= 0.3 is 5.97 Å². The number of aryl methyl sites for hydroxylation is 1. The van der Waals surface area contributed by atoms with E-state index in [9.17, 15) is 9.59 Å². The van der Waals surface area contributed by atoms with Crippen LogP contribution < -0.4 is 5.32 Å². The number of carbonyl (C=O) groups excluding carboxylic acids is 2. The normalized spacial score (nSPS) is 10.5. The van der Waals surface area contributed by atoms with Crippen molar-refractivity contribution in [2.24, 2.45) is 0 Å². The molecule has 144 valence electrons. The van der Waals surface area contributed by atoms with Gasteiger partial charge in [0.15, 0.2) is 6.61 Å². The van der Waals surface area contributed by atoms with Gasteiger partial charge in [-0.25, -0.2) is 4.79 Å². The zero-order valence-corrected chi connectivity index (χ0v) is 16.8. The highest BCUT2D eigenvalue weighted by molar-refractivity contribution is 7.98. The summed E-state index contributed by atoms with van der Waals surface area (Å²) >= 11 is 7.75. The van der Waals surface area contributed by atoms with Crippen molar-refractivity contribution in [3.05, 3.63) is 64.9 Å². The van der Waals surface area contributed by atoms with Crippen molar-refractivity contribution in [3.8, 4) is 11.3 Å². The minimum Gasteiger partial charge on any atom is -0.452 e. The summed E-state index contributed by atoms with van der Waals surface area (Å²) in [5.41, 5.74) is 1.60. The first-order valence-electron chi connectivity index (χ1n) is 8.31. The molecule has 1 amide bonds. The fourth-order valence-electron chi connectivity index (χ4n) is 2.55. The van der Waals surface area contributed by atoms with Crippen LogP contribution in [-0.4, -0.2) is 29.9 Å². The van der Waals surface area contributed by atoms with Crippen LogP contribution in [0, 0.1) is 6.92 Å². The molecule has 3 aromatic rings. The lowest BCUT2D eigenvalue weighted by Crippen LogP contribution is -2.21. The SMILES string of the molecule is CSc1cccc(NC(=O)COC(=O)c2c(-c3ccccc3Cl)noc2C)c1. The molecule has 3 rings (SSSR count). The van der Waals surface area contributed by atoms with Gasteiger partial charge in [-0.3, -0.25) is 4.79 Å². The van der Waals surface area contributed by atoms with Gasteiger partial charge in [-0.15, -0.1) is 11.8 Å². The van der Waals surface area contributed by atoms with Gasteiger partial charge in [-0.2, -0.15) is 0 Å². The van der Waals surface area contributed by atoms with Gasteiger partial charge < -0.3 is 14.6 Å². The molecule has 0 atom stereocenters. The number of halogens is 1. The van der Waals surface area contributed by atoms with Gasteiger partial charge in [0.25, 0.3) is 5.91 Å². The average Bonchev–Trinajstić information content (AvgIpc) is 3.08. The number of esters is 1. The summed E-state index contributed by atoms with van der Waals surface area (Å²) in [4.78, 5) is 25.7. The van der Waals surface area contributed by atoms with Crippen LogP contribution in [0.25, 0.3) is 11.3 Å². The molecule has 0 aliphatic rings. The number of nitrogens with zero attached hydrogens (tertiary/aromatic N) is 1. The van der Waals surface area contributed by atoms with E-state index in [2.05, 4.69) is 10.5 Å². The molecular weight excluding hydrogens is 400 g/mol. The third-order valence-electron chi connectivity index (χ3n) is 3.88. The molecular formula is C20H17ClN2O4S. The predicted octanol–water partition coefficient (Wildman–Crippen LogP) is 4.82. The van der Waals surface area contributed by atoms with Crippen LogP contribution in [-0.2, 0) is 9.53 Å². The third-order valence-corrected chi connectivity index (χ3v) is 4.94. The number of thioether (sulfide) groups is 1. The maximum Gasteiger partial charge on any atom is 0.344 e. The zero-order chi connectivity index (χ0) is 20.1. The Hall–Kier alpha value is -2.77. The summed E-state index contributed by atoms with van der Waals surface area (Å²) in [6.07, 6.45) is 1.95. The number of amides is 1. The number of ether oxygens (including phenoxy) is 1. The van der Waals surface area contributed by atoms with Crippen molar-refractivity contribution < 1.29 is 18.8 Å². The van der Waals surface area contributed by atoms with E-state index in [1.165, 1.54) is 0 Å². The highest BCUT2D eigenvalue weighted by Crippen LogP contribution is 2.31. The van der Waals surface area contributed by atoms with Gasteiger partial charge in [0.1, 0.15) is 17.0 Å². The number of aromatic nitrogens is 1. The highest BCUT2D eigenvalue weighted by atomic mass is 35.5. The monoisotopic (exact) mass is 416 g/mol. The molecule has 0 saturated heterocycles. The van der Waals surface area contributed by atoms with E-state index in [1.54, 1.807) is 49.0 Å². The topological polar surface area (TPSA) is 81.4 Å². The second-order valence-electron chi connectivity index (χ2n) is 5.80. The molecule has 0 aliphatic heterocycles. The standard InChI is InChI=1S/C20H17ClN2O4S/c1-12-18(19(23-27-12)15-8-3-4-9-16(15)21)20(25)26-11-17(24)22-13-6-5-7-14(10-13)28-2/h3-10H,11H2,1-2H3,(H,22,24). The van der Waals surface area contributed by atoms with E-state index in [1.807, 2.05) is 24.5 Å². The van der Waals surface area contributed by atoms with Crippen LogP contribution in [0.3, 0.4) is 0 Å². The molecule has 2 aromatic carbocycles. The first kappa shape index (κ1) is 20.0. The van der Waals surface area contributed by atoms with E-state index in [-0.39, 0.29) is 17.0 Å². The Morgan fingerprint density at radius 3 is 2.75 bits per heavy atom. The molecule has 1 aromatic heterocycles. The van der Waals surface area contributed by atoms with E-state index in [0.29, 0.717) is 16.3 Å². The maximum atomic E-state index is 12.5. The fraction of sp³-hybridized carbons (Fsp3) is 0.150. The van der Waals surface area contributed by atoms with Crippen molar-refractivity contribution in [2.45, 2.75) is 11.8 Å². The van der Waals surface area contributed by atoms with Crippen molar-refractivity contribution in [1.29, 1.82) is 0 Å². The lowest BCUT2D eigenvalue weighted by molar-refractivity contribution is -0.119. The smallest absolute Gasteiger partial charge is 0.344 e. The van der Waals surface area contributed by atoms with Crippen molar-refractivity contribution in [1.82, 2.24) is 5.16 Å². The van der Waals surface area contributed by atoms with Crippen LogP contribution >= 0.6 is 23.4 Å². The number of rotatable bonds is 6. The number of benzene rings is 2. The summed E-state index contributed by atoms with van der Waals surface area (Å²) in [6.45, 7) is 1.16. The minimum atomic E-state index is -0.707. The highest BCUT2D eigenvalue weighted by Gasteiger charge is 2.24. The Balaban J connectivity index is 1.69. The summed E-state index contributed by atoms with van der Waals surface area (Å²) in [6, 6.07) is 14.3. The summed E-state index contributed by atoms with van der Waals surface area (Å²) in [5, 5.41) is 7.04. The Bertz CT molecular complexity index is 1020. The molecule has 1 N–H and O–H groups in total. The van der Waals surface area contributed by atoms with E-state index >= 15 is 0 Å².